The summed E-state index contributed by atoms with van der Waals surface area (Å²) >= 11 is 0. The first-order chi connectivity index (χ1) is 18.4. The van der Waals surface area contributed by atoms with E-state index in [-0.39, 0.29) is 24.2 Å². The lowest BCUT2D eigenvalue weighted by molar-refractivity contribution is -0.274. The molecule has 1 unspecified atom stereocenters. The van der Waals surface area contributed by atoms with Crippen LogP contribution in [0.4, 0.5) is 13.2 Å². The van der Waals surface area contributed by atoms with Crippen LogP contribution in [0.3, 0.4) is 0 Å². The average Bonchev–Trinajstić information content (AvgIpc) is 3.41. The van der Waals surface area contributed by atoms with Crippen molar-refractivity contribution in [1.29, 1.82) is 0 Å². The average molecular weight is 523 g/mol. The van der Waals surface area contributed by atoms with Crippen molar-refractivity contribution in [3.05, 3.63) is 108 Å². The summed E-state index contributed by atoms with van der Waals surface area (Å²) in [7, 11) is 0. The molecular formula is C29H25F3N2O4. The van der Waals surface area contributed by atoms with Gasteiger partial charge < -0.3 is 18.8 Å². The standard InChI is InChI=1S/C29H25F3N2O4/c30-29(31,32)38-22-11-9-21(10-12-22)36-18-25-23-7-4-8-26(35)24(23)13-14-27(25)37-28(17-34-16-15-33-19-34)20-5-2-1-3-6-20/h1-3,5-6,9-16,19,28H,4,7-8,17-18H2. The molecule has 0 N–H and O–H groups in total. The Morgan fingerprint density at radius 1 is 0.947 bits per heavy atom. The number of hydrogen-bond donors (Lipinski definition) is 0. The van der Waals surface area contributed by atoms with Gasteiger partial charge in [-0.15, -0.1) is 13.2 Å². The molecule has 0 saturated carbocycles. The van der Waals surface area contributed by atoms with Crippen LogP contribution in [-0.2, 0) is 19.6 Å². The van der Waals surface area contributed by atoms with E-state index in [2.05, 4.69) is 9.72 Å². The summed E-state index contributed by atoms with van der Waals surface area (Å²) in [5, 5.41) is 0. The molecule has 1 aliphatic rings. The molecule has 0 aliphatic heterocycles. The summed E-state index contributed by atoms with van der Waals surface area (Å²) in [4.78, 5) is 16.8. The van der Waals surface area contributed by atoms with Crippen LogP contribution in [0, 0.1) is 0 Å². The fourth-order valence-corrected chi connectivity index (χ4v) is 4.56. The SMILES string of the molecule is O=C1CCCc2c1ccc(OC(Cn1ccnc1)c1ccccc1)c2COc1ccc(OC(F)(F)F)cc1. The van der Waals surface area contributed by atoms with Gasteiger partial charge >= 0.3 is 6.36 Å². The number of nitrogens with zero attached hydrogens (tertiary/aromatic N) is 2. The zero-order valence-electron chi connectivity index (χ0n) is 20.4. The minimum absolute atomic E-state index is 0.0747. The van der Waals surface area contributed by atoms with Crippen molar-refractivity contribution < 1.29 is 32.2 Å². The largest absolute Gasteiger partial charge is 0.573 e. The smallest absolute Gasteiger partial charge is 0.489 e. The molecule has 1 atom stereocenters. The van der Waals surface area contributed by atoms with Crippen LogP contribution >= 0.6 is 0 Å². The number of aromatic nitrogens is 2. The van der Waals surface area contributed by atoms with E-state index in [1.165, 1.54) is 24.3 Å². The molecule has 0 amide bonds. The Balaban J connectivity index is 1.43. The summed E-state index contributed by atoms with van der Waals surface area (Å²) in [5.74, 6) is 0.695. The number of rotatable bonds is 9. The maximum atomic E-state index is 12.6. The van der Waals surface area contributed by atoms with Gasteiger partial charge in [-0.3, -0.25) is 4.79 Å². The predicted molar refractivity (Wildman–Crippen MR) is 133 cm³/mol. The van der Waals surface area contributed by atoms with Crippen molar-refractivity contribution in [2.75, 3.05) is 0 Å². The Hall–Kier alpha value is -4.27. The van der Waals surface area contributed by atoms with E-state index in [0.29, 0.717) is 36.4 Å². The second-order valence-corrected chi connectivity index (χ2v) is 8.93. The summed E-state index contributed by atoms with van der Waals surface area (Å²) in [5.41, 5.74) is 3.26. The van der Waals surface area contributed by atoms with Gasteiger partial charge in [-0.25, -0.2) is 4.98 Å². The van der Waals surface area contributed by atoms with Gasteiger partial charge in [0.15, 0.2) is 5.78 Å². The lowest BCUT2D eigenvalue weighted by Crippen LogP contribution is -2.19. The van der Waals surface area contributed by atoms with Gasteiger partial charge in [0.1, 0.15) is 30.0 Å². The number of alkyl halides is 3. The Bertz CT molecular complexity index is 1370. The lowest BCUT2D eigenvalue weighted by Gasteiger charge is -2.26. The third-order valence-electron chi connectivity index (χ3n) is 6.34. The molecule has 1 aromatic heterocycles. The van der Waals surface area contributed by atoms with E-state index in [0.717, 1.165) is 23.1 Å². The van der Waals surface area contributed by atoms with E-state index in [4.69, 9.17) is 9.47 Å². The molecule has 196 valence electrons. The molecule has 1 heterocycles. The highest BCUT2D eigenvalue weighted by Gasteiger charge is 2.31. The fraction of sp³-hybridized carbons (Fsp3) is 0.241. The first kappa shape index (κ1) is 25.4. The number of ether oxygens (including phenoxy) is 3. The predicted octanol–water partition coefficient (Wildman–Crippen LogP) is 6.70. The van der Waals surface area contributed by atoms with Crippen molar-refractivity contribution in [3.8, 4) is 17.2 Å². The molecule has 0 radical (unpaired) electrons. The van der Waals surface area contributed by atoms with Crippen LogP contribution in [0.2, 0.25) is 0 Å². The minimum Gasteiger partial charge on any atom is -0.489 e. The maximum absolute atomic E-state index is 12.6. The van der Waals surface area contributed by atoms with Crippen molar-refractivity contribution in [2.24, 2.45) is 0 Å². The number of imidazole rings is 1. The molecule has 38 heavy (non-hydrogen) atoms. The number of halogens is 3. The third-order valence-corrected chi connectivity index (χ3v) is 6.34. The monoisotopic (exact) mass is 522 g/mol. The Morgan fingerprint density at radius 2 is 1.71 bits per heavy atom. The summed E-state index contributed by atoms with van der Waals surface area (Å²) < 4.78 is 55.9. The molecule has 3 aromatic carbocycles. The van der Waals surface area contributed by atoms with E-state index in [1.54, 1.807) is 24.7 Å². The van der Waals surface area contributed by atoms with E-state index < -0.39 is 6.36 Å². The van der Waals surface area contributed by atoms with Crippen LogP contribution in [0.25, 0.3) is 0 Å². The third kappa shape index (κ3) is 6.16. The summed E-state index contributed by atoms with van der Waals surface area (Å²) in [6, 6.07) is 18.6. The number of ketones is 1. The van der Waals surface area contributed by atoms with E-state index >= 15 is 0 Å². The molecule has 0 bridgehead atoms. The topological polar surface area (TPSA) is 62.6 Å². The molecule has 4 aromatic rings. The van der Waals surface area contributed by atoms with Gasteiger partial charge in [-0.1, -0.05) is 30.3 Å². The highest BCUT2D eigenvalue weighted by Crippen LogP contribution is 2.35. The number of carbonyl (C=O) groups excluding carboxylic acids is 1. The van der Waals surface area contributed by atoms with E-state index in [1.807, 2.05) is 41.1 Å². The van der Waals surface area contributed by atoms with Gasteiger partial charge in [0.25, 0.3) is 0 Å². The molecule has 5 rings (SSSR count). The number of fused-ring (bicyclic) bond motifs is 1. The highest BCUT2D eigenvalue weighted by atomic mass is 19.4. The van der Waals surface area contributed by atoms with E-state index in [9.17, 15) is 18.0 Å². The summed E-state index contributed by atoms with van der Waals surface area (Å²) in [6.07, 6.45) is 2.09. The van der Waals surface area contributed by atoms with Gasteiger partial charge in [0.05, 0.1) is 12.9 Å². The number of carbonyl (C=O) groups is 1. The molecular weight excluding hydrogens is 497 g/mol. The molecule has 9 heteroatoms. The zero-order chi connectivity index (χ0) is 26.5. The normalized spacial score (nSPS) is 14.0. The quantitative estimate of drug-likeness (QED) is 0.245. The maximum Gasteiger partial charge on any atom is 0.573 e. The Labute approximate surface area is 217 Å². The molecule has 1 aliphatic carbocycles. The zero-order valence-corrected chi connectivity index (χ0v) is 20.4. The number of Topliss-reactive ketones (excluding diaryl/α,β-unsaturated/α-hetero) is 1. The second-order valence-electron chi connectivity index (χ2n) is 8.93. The van der Waals surface area contributed by atoms with Crippen molar-refractivity contribution >= 4 is 5.78 Å². The van der Waals surface area contributed by atoms with Crippen LogP contribution < -0.4 is 14.2 Å². The number of hydrogen-bond acceptors (Lipinski definition) is 5. The van der Waals surface area contributed by atoms with Crippen molar-refractivity contribution in [2.45, 2.75) is 44.9 Å². The van der Waals surface area contributed by atoms with Crippen LogP contribution in [0.15, 0.2) is 85.5 Å². The van der Waals surface area contributed by atoms with Crippen LogP contribution in [-0.4, -0.2) is 21.7 Å². The van der Waals surface area contributed by atoms with Crippen molar-refractivity contribution in [1.82, 2.24) is 9.55 Å². The van der Waals surface area contributed by atoms with Gasteiger partial charge in [0, 0.05) is 29.9 Å². The fourth-order valence-electron chi connectivity index (χ4n) is 4.56. The van der Waals surface area contributed by atoms with Crippen LogP contribution in [0.1, 0.15) is 46.0 Å². The van der Waals surface area contributed by atoms with Crippen LogP contribution in [0.5, 0.6) is 17.2 Å². The lowest BCUT2D eigenvalue weighted by atomic mass is 9.87. The Morgan fingerprint density at radius 3 is 2.42 bits per heavy atom. The first-order valence-electron chi connectivity index (χ1n) is 12.2. The first-order valence-corrected chi connectivity index (χ1v) is 12.2. The molecule has 6 nitrogen and oxygen atoms in total. The minimum atomic E-state index is -4.77. The molecule has 0 saturated heterocycles. The van der Waals surface area contributed by atoms with Gasteiger partial charge in [0.2, 0.25) is 0 Å². The Kier molecular flexibility index (Phi) is 7.35. The number of benzene rings is 3. The van der Waals surface area contributed by atoms with Gasteiger partial charge in [-0.2, -0.15) is 0 Å². The second kappa shape index (κ2) is 11.0. The highest BCUT2D eigenvalue weighted by molar-refractivity contribution is 5.99. The van der Waals surface area contributed by atoms with Crippen molar-refractivity contribution in [3.63, 3.8) is 0 Å². The summed E-state index contributed by atoms with van der Waals surface area (Å²) in [6.45, 7) is 0.596. The van der Waals surface area contributed by atoms with Gasteiger partial charge in [-0.05, 0) is 60.4 Å². The molecule has 0 fully saturated rings. The molecule has 0 spiro atoms.